The van der Waals surface area contributed by atoms with Gasteiger partial charge in [-0.15, -0.1) is 21.5 Å². The minimum atomic E-state index is 0.188. The summed E-state index contributed by atoms with van der Waals surface area (Å²) in [6.07, 6.45) is 1.03. The monoisotopic (exact) mass is 390 g/mol. The lowest BCUT2D eigenvalue weighted by Gasteiger charge is -2.15. The van der Waals surface area contributed by atoms with Crippen molar-refractivity contribution in [1.82, 2.24) is 10.2 Å². The highest BCUT2D eigenvalue weighted by Gasteiger charge is 2.19. The van der Waals surface area contributed by atoms with E-state index in [0.29, 0.717) is 18.3 Å². The molecule has 0 saturated heterocycles. The molecule has 28 heavy (non-hydrogen) atoms. The largest absolute Gasteiger partial charge is 0.414 e. The molecule has 2 N–H and O–H groups in total. The number of nitrogens with zero attached hydrogens (tertiary/aromatic N) is 2. The van der Waals surface area contributed by atoms with Crippen molar-refractivity contribution in [3.63, 3.8) is 0 Å². The fourth-order valence-electron chi connectivity index (χ4n) is 3.42. The zero-order chi connectivity index (χ0) is 19.3. The summed E-state index contributed by atoms with van der Waals surface area (Å²) in [5, 5.41) is 10.8. The standard InChI is InChI=1S/C23H23N3OS/c1-3-19-16(2)14-20(28-19)23-26-25-21(27-23)15-24-22(17-10-6-4-7-11-17)18-12-8-5-9-13-18/h4-14,22,24H,3,15H2,1-2H3/p+1. The molecule has 0 aliphatic rings. The topological polar surface area (TPSA) is 55.5 Å². The van der Waals surface area contributed by atoms with Crippen molar-refractivity contribution in [2.75, 3.05) is 0 Å². The molecule has 4 aromatic rings. The number of benzene rings is 2. The van der Waals surface area contributed by atoms with E-state index < -0.39 is 0 Å². The zero-order valence-corrected chi connectivity index (χ0v) is 16.9. The van der Waals surface area contributed by atoms with E-state index in [2.05, 4.69) is 84.0 Å². The van der Waals surface area contributed by atoms with Crippen LogP contribution in [0.4, 0.5) is 0 Å². The molecule has 0 bridgehead atoms. The van der Waals surface area contributed by atoms with Gasteiger partial charge in [0.05, 0.1) is 4.88 Å². The first-order valence-electron chi connectivity index (χ1n) is 9.60. The Balaban J connectivity index is 1.52. The summed E-state index contributed by atoms with van der Waals surface area (Å²) in [5.41, 5.74) is 3.81. The summed E-state index contributed by atoms with van der Waals surface area (Å²) in [6, 6.07) is 23.4. The van der Waals surface area contributed by atoms with Gasteiger partial charge in [0.1, 0.15) is 6.04 Å². The van der Waals surface area contributed by atoms with Crippen molar-refractivity contribution in [3.8, 4) is 10.8 Å². The van der Waals surface area contributed by atoms with Crippen LogP contribution in [0.5, 0.6) is 0 Å². The van der Waals surface area contributed by atoms with Gasteiger partial charge < -0.3 is 9.73 Å². The molecule has 0 fully saturated rings. The molecule has 4 rings (SSSR count). The third-order valence-corrected chi connectivity index (χ3v) is 6.23. The third-order valence-electron chi connectivity index (χ3n) is 4.86. The SMILES string of the molecule is CCc1sc(-c2nnc(C[NH2+]C(c3ccccc3)c3ccccc3)o2)cc1C. The normalized spacial score (nSPS) is 11.2. The van der Waals surface area contributed by atoms with Gasteiger partial charge >= 0.3 is 0 Å². The summed E-state index contributed by atoms with van der Waals surface area (Å²) in [7, 11) is 0. The predicted octanol–water partition coefficient (Wildman–Crippen LogP) is 4.52. The van der Waals surface area contributed by atoms with Gasteiger partial charge in [0.15, 0.2) is 6.54 Å². The van der Waals surface area contributed by atoms with Crippen molar-refractivity contribution in [1.29, 1.82) is 0 Å². The van der Waals surface area contributed by atoms with E-state index in [0.717, 1.165) is 11.3 Å². The van der Waals surface area contributed by atoms with Crippen molar-refractivity contribution in [2.45, 2.75) is 32.9 Å². The fourth-order valence-corrected chi connectivity index (χ4v) is 4.45. The average molecular weight is 391 g/mol. The van der Waals surface area contributed by atoms with E-state index in [-0.39, 0.29) is 6.04 Å². The number of rotatable bonds is 7. The highest BCUT2D eigenvalue weighted by atomic mass is 32.1. The van der Waals surface area contributed by atoms with Crippen molar-refractivity contribution < 1.29 is 9.73 Å². The summed E-state index contributed by atoms with van der Waals surface area (Å²) in [6.45, 7) is 4.94. The number of hydrogen-bond acceptors (Lipinski definition) is 4. The van der Waals surface area contributed by atoms with Crippen LogP contribution in [0.2, 0.25) is 0 Å². The Labute approximate surface area is 169 Å². The van der Waals surface area contributed by atoms with Gasteiger partial charge in [0.25, 0.3) is 11.8 Å². The van der Waals surface area contributed by atoms with E-state index in [9.17, 15) is 0 Å². The molecule has 2 heterocycles. The maximum atomic E-state index is 5.96. The average Bonchev–Trinajstić information content (AvgIpc) is 3.36. The van der Waals surface area contributed by atoms with E-state index in [1.807, 2.05) is 12.1 Å². The smallest absolute Gasteiger partial charge is 0.271 e. The lowest BCUT2D eigenvalue weighted by Crippen LogP contribution is -2.84. The predicted molar refractivity (Wildman–Crippen MR) is 112 cm³/mol. The number of nitrogens with two attached hydrogens (primary N) is 1. The van der Waals surface area contributed by atoms with Crippen LogP contribution in [0.15, 0.2) is 71.1 Å². The second kappa shape index (κ2) is 8.50. The minimum Gasteiger partial charge on any atom is -0.414 e. The molecule has 4 nitrogen and oxygen atoms in total. The highest BCUT2D eigenvalue weighted by molar-refractivity contribution is 7.15. The summed E-state index contributed by atoms with van der Waals surface area (Å²) in [5.74, 6) is 1.27. The molecule has 0 aliphatic heterocycles. The first-order valence-corrected chi connectivity index (χ1v) is 10.4. The van der Waals surface area contributed by atoms with Gasteiger partial charge in [-0.3, -0.25) is 0 Å². The fraction of sp³-hybridized carbons (Fsp3) is 0.217. The second-order valence-corrected chi connectivity index (χ2v) is 7.95. The third kappa shape index (κ3) is 4.06. The van der Waals surface area contributed by atoms with Crippen LogP contribution in [-0.2, 0) is 13.0 Å². The van der Waals surface area contributed by atoms with Crippen LogP contribution in [0.3, 0.4) is 0 Å². The molecule has 0 radical (unpaired) electrons. The van der Waals surface area contributed by atoms with Crippen molar-refractivity contribution in [3.05, 3.63) is 94.2 Å². The van der Waals surface area contributed by atoms with E-state index >= 15 is 0 Å². The molecule has 2 aromatic heterocycles. The molecule has 5 heteroatoms. The Morgan fingerprint density at radius 2 is 1.61 bits per heavy atom. The van der Waals surface area contributed by atoms with Crippen LogP contribution >= 0.6 is 11.3 Å². The lowest BCUT2D eigenvalue weighted by atomic mass is 9.99. The Kier molecular flexibility index (Phi) is 5.65. The van der Waals surface area contributed by atoms with Crippen LogP contribution in [0, 0.1) is 6.92 Å². The van der Waals surface area contributed by atoms with Crippen LogP contribution < -0.4 is 5.32 Å². The number of aromatic nitrogens is 2. The maximum Gasteiger partial charge on any atom is 0.271 e. The number of thiophene rings is 1. The van der Waals surface area contributed by atoms with E-state index in [4.69, 9.17) is 4.42 Å². The molecule has 0 atom stereocenters. The number of quaternary nitrogens is 1. The number of hydrogen-bond donors (Lipinski definition) is 1. The van der Waals surface area contributed by atoms with Gasteiger partial charge in [-0.05, 0) is 25.0 Å². The van der Waals surface area contributed by atoms with Gasteiger partial charge in [0.2, 0.25) is 0 Å². The maximum absolute atomic E-state index is 5.96. The Bertz CT molecular complexity index is 985. The molecular weight excluding hydrogens is 366 g/mol. The molecular formula is C23H24N3OS+. The van der Waals surface area contributed by atoms with Crippen molar-refractivity contribution in [2.24, 2.45) is 0 Å². The summed E-state index contributed by atoms with van der Waals surface area (Å²) < 4.78 is 5.96. The van der Waals surface area contributed by atoms with Crippen LogP contribution in [-0.4, -0.2) is 10.2 Å². The molecule has 0 aliphatic carbocycles. The first kappa shape index (κ1) is 18.6. The van der Waals surface area contributed by atoms with Gasteiger partial charge in [-0.25, -0.2) is 0 Å². The molecule has 0 amide bonds. The molecule has 0 unspecified atom stereocenters. The van der Waals surface area contributed by atoms with Gasteiger partial charge in [-0.2, -0.15) is 0 Å². The zero-order valence-electron chi connectivity index (χ0n) is 16.1. The summed E-state index contributed by atoms with van der Waals surface area (Å²) >= 11 is 1.74. The molecule has 2 aromatic carbocycles. The molecule has 0 spiro atoms. The Hall–Kier alpha value is -2.76. The van der Waals surface area contributed by atoms with E-state index in [1.54, 1.807) is 11.3 Å². The van der Waals surface area contributed by atoms with Crippen LogP contribution in [0.25, 0.3) is 10.8 Å². The van der Waals surface area contributed by atoms with Gasteiger partial charge in [0, 0.05) is 16.0 Å². The quantitative estimate of drug-likeness (QED) is 0.505. The molecule has 0 saturated carbocycles. The Morgan fingerprint density at radius 3 is 2.18 bits per heavy atom. The first-order chi connectivity index (χ1) is 13.7. The van der Waals surface area contributed by atoms with Crippen LogP contribution in [0.1, 0.15) is 40.4 Å². The highest BCUT2D eigenvalue weighted by Crippen LogP contribution is 2.30. The van der Waals surface area contributed by atoms with E-state index in [1.165, 1.54) is 21.6 Å². The van der Waals surface area contributed by atoms with Crippen molar-refractivity contribution >= 4 is 11.3 Å². The number of aryl methyl sites for hydroxylation is 2. The van der Waals surface area contributed by atoms with Gasteiger partial charge in [-0.1, -0.05) is 67.6 Å². The lowest BCUT2D eigenvalue weighted by molar-refractivity contribution is -0.704. The summed E-state index contributed by atoms with van der Waals surface area (Å²) in [4.78, 5) is 2.42. The minimum absolute atomic E-state index is 0.188. The Morgan fingerprint density at radius 1 is 0.964 bits per heavy atom. The molecule has 142 valence electrons. The second-order valence-electron chi connectivity index (χ2n) is 6.81.